The van der Waals surface area contributed by atoms with E-state index in [1.165, 1.54) is 6.26 Å². The summed E-state index contributed by atoms with van der Waals surface area (Å²) < 4.78 is 30.9. The predicted molar refractivity (Wildman–Crippen MR) is 133 cm³/mol. The van der Waals surface area contributed by atoms with Gasteiger partial charge in [-0.3, -0.25) is 5.10 Å². The molecular weight excluding hydrogens is 450 g/mol. The van der Waals surface area contributed by atoms with Crippen LogP contribution in [0, 0.1) is 19.8 Å². The Morgan fingerprint density at radius 1 is 1.09 bits per heavy atom. The minimum absolute atomic E-state index is 0.147. The quantitative estimate of drug-likeness (QED) is 0.412. The Bertz CT molecular complexity index is 1430. The number of H-pyrrole nitrogens is 1. The van der Waals surface area contributed by atoms with Crippen molar-refractivity contribution in [2.45, 2.75) is 58.5 Å². The molecule has 0 bridgehead atoms. The summed E-state index contributed by atoms with van der Waals surface area (Å²) in [7, 11) is -2.87. The van der Waals surface area contributed by atoms with Gasteiger partial charge in [-0.1, -0.05) is 6.07 Å². The van der Waals surface area contributed by atoms with Crippen LogP contribution in [0.3, 0.4) is 0 Å². The van der Waals surface area contributed by atoms with Crippen molar-refractivity contribution >= 4 is 26.4 Å². The topological polar surface area (TPSA) is 102 Å². The fourth-order valence-electron chi connectivity index (χ4n) is 5.16. The van der Waals surface area contributed by atoms with Crippen LogP contribution in [0.5, 0.6) is 5.88 Å². The normalized spacial score (nSPS) is 19.1. The molecule has 0 aliphatic heterocycles. The summed E-state index contributed by atoms with van der Waals surface area (Å²) in [5, 5.41) is 13.0. The molecule has 0 unspecified atom stereocenters. The van der Waals surface area contributed by atoms with E-state index in [1.807, 2.05) is 17.6 Å². The minimum atomic E-state index is -2.87. The molecule has 3 aromatic heterocycles. The molecule has 1 fully saturated rings. The van der Waals surface area contributed by atoms with Crippen LogP contribution in [0.15, 0.2) is 30.7 Å². The van der Waals surface area contributed by atoms with Crippen LogP contribution in [0.4, 0.5) is 0 Å². The Morgan fingerprint density at radius 3 is 2.62 bits per heavy atom. The average molecular weight is 482 g/mol. The van der Waals surface area contributed by atoms with Crippen LogP contribution in [0.2, 0.25) is 0 Å². The van der Waals surface area contributed by atoms with Crippen LogP contribution in [-0.2, 0) is 9.84 Å². The zero-order valence-electron chi connectivity index (χ0n) is 19.9. The number of aromatic nitrogens is 5. The molecule has 5 rings (SSSR count). The average Bonchev–Trinajstić information content (AvgIpc) is 3.42. The van der Waals surface area contributed by atoms with Gasteiger partial charge < -0.3 is 4.74 Å². The van der Waals surface area contributed by atoms with E-state index in [0.29, 0.717) is 11.8 Å². The van der Waals surface area contributed by atoms with E-state index in [2.05, 4.69) is 45.4 Å². The molecule has 0 amide bonds. The maximum absolute atomic E-state index is 11.4. The molecule has 1 N–H and O–H groups in total. The SMILES string of the molecule is Cc1cc(-c2cc(C)c3ncnn3c2)cc2[nH]nc(OC3CCC(CCCS(C)(=O)=O)CC3)c12. The number of nitrogens with zero attached hydrogens (tertiary/aromatic N) is 4. The van der Waals surface area contributed by atoms with Gasteiger partial charge in [0, 0.05) is 23.8 Å². The van der Waals surface area contributed by atoms with E-state index in [0.717, 1.165) is 77.3 Å². The number of ether oxygens (including phenoxy) is 1. The van der Waals surface area contributed by atoms with Gasteiger partial charge in [-0.05, 0) is 87.1 Å². The molecule has 9 heteroatoms. The summed E-state index contributed by atoms with van der Waals surface area (Å²) in [4.78, 5) is 4.30. The highest BCUT2D eigenvalue weighted by molar-refractivity contribution is 7.90. The molecule has 1 aromatic carbocycles. The number of fused-ring (bicyclic) bond motifs is 2. The maximum Gasteiger partial charge on any atom is 0.241 e. The van der Waals surface area contributed by atoms with E-state index in [-0.39, 0.29) is 11.9 Å². The molecular formula is C25H31N5O3S. The number of pyridine rings is 1. The maximum atomic E-state index is 11.4. The fraction of sp³-hybridized carbons (Fsp3) is 0.480. The van der Waals surface area contributed by atoms with Crippen LogP contribution in [0.1, 0.15) is 49.7 Å². The number of aryl methyl sites for hydroxylation is 2. The second-order valence-electron chi connectivity index (χ2n) is 9.72. The lowest BCUT2D eigenvalue weighted by atomic mass is 9.85. The van der Waals surface area contributed by atoms with Gasteiger partial charge in [0.15, 0.2) is 5.65 Å². The Morgan fingerprint density at radius 2 is 1.85 bits per heavy atom. The van der Waals surface area contributed by atoms with Gasteiger partial charge in [0.2, 0.25) is 5.88 Å². The van der Waals surface area contributed by atoms with Crippen LogP contribution >= 0.6 is 0 Å². The molecule has 1 aliphatic rings. The highest BCUT2D eigenvalue weighted by Crippen LogP contribution is 2.35. The Balaban J connectivity index is 1.28. The highest BCUT2D eigenvalue weighted by atomic mass is 32.2. The first kappa shape index (κ1) is 22.8. The van der Waals surface area contributed by atoms with Gasteiger partial charge in [-0.25, -0.2) is 17.9 Å². The van der Waals surface area contributed by atoms with E-state index in [9.17, 15) is 8.42 Å². The van der Waals surface area contributed by atoms with Crippen LogP contribution in [0.25, 0.3) is 27.7 Å². The van der Waals surface area contributed by atoms with Gasteiger partial charge in [0.05, 0.1) is 10.9 Å². The van der Waals surface area contributed by atoms with E-state index < -0.39 is 9.84 Å². The van der Waals surface area contributed by atoms with E-state index in [4.69, 9.17) is 4.74 Å². The lowest BCUT2D eigenvalue weighted by Gasteiger charge is -2.28. The number of sulfone groups is 1. The summed E-state index contributed by atoms with van der Waals surface area (Å²) >= 11 is 0. The molecule has 34 heavy (non-hydrogen) atoms. The molecule has 0 atom stereocenters. The molecule has 1 saturated carbocycles. The Kier molecular flexibility index (Phi) is 6.06. The van der Waals surface area contributed by atoms with Crippen molar-refractivity contribution in [1.29, 1.82) is 0 Å². The third-order valence-electron chi connectivity index (χ3n) is 6.92. The first-order valence-electron chi connectivity index (χ1n) is 11.9. The zero-order chi connectivity index (χ0) is 23.9. The lowest BCUT2D eigenvalue weighted by Crippen LogP contribution is -2.24. The third kappa shape index (κ3) is 4.80. The van der Waals surface area contributed by atoms with E-state index >= 15 is 0 Å². The van der Waals surface area contributed by atoms with Crippen molar-refractivity contribution in [3.8, 4) is 17.0 Å². The van der Waals surface area contributed by atoms with Gasteiger partial charge in [-0.15, -0.1) is 5.10 Å². The second-order valence-corrected chi connectivity index (χ2v) is 12.0. The molecule has 4 aromatic rings. The third-order valence-corrected chi connectivity index (χ3v) is 7.95. The molecule has 0 saturated heterocycles. The number of rotatable bonds is 7. The smallest absolute Gasteiger partial charge is 0.241 e. The Labute approximate surface area is 199 Å². The largest absolute Gasteiger partial charge is 0.473 e. The molecule has 1 aliphatic carbocycles. The van der Waals surface area contributed by atoms with E-state index in [1.54, 1.807) is 6.33 Å². The fourth-order valence-corrected chi connectivity index (χ4v) is 5.85. The van der Waals surface area contributed by atoms with Crippen LogP contribution in [-0.4, -0.2) is 51.3 Å². The molecule has 180 valence electrons. The van der Waals surface area contributed by atoms with Crippen molar-refractivity contribution in [2.75, 3.05) is 12.0 Å². The van der Waals surface area contributed by atoms with Gasteiger partial charge in [0.1, 0.15) is 22.3 Å². The Hall–Kier alpha value is -2.94. The second kappa shape index (κ2) is 9.02. The van der Waals surface area contributed by atoms with Crippen molar-refractivity contribution in [2.24, 2.45) is 5.92 Å². The predicted octanol–water partition coefficient (Wildman–Crippen LogP) is 4.65. The van der Waals surface area contributed by atoms with Crippen molar-refractivity contribution in [3.63, 3.8) is 0 Å². The molecule has 3 heterocycles. The molecule has 0 radical (unpaired) electrons. The lowest BCUT2D eigenvalue weighted by molar-refractivity contribution is 0.124. The number of hydrogen-bond acceptors (Lipinski definition) is 6. The number of benzene rings is 1. The summed E-state index contributed by atoms with van der Waals surface area (Å²) in [5.41, 5.74) is 6.18. The summed E-state index contributed by atoms with van der Waals surface area (Å²) in [5.74, 6) is 1.55. The zero-order valence-corrected chi connectivity index (χ0v) is 20.7. The summed E-state index contributed by atoms with van der Waals surface area (Å²) in [6.45, 7) is 4.13. The first-order chi connectivity index (χ1) is 16.3. The first-order valence-corrected chi connectivity index (χ1v) is 14.0. The summed E-state index contributed by atoms with van der Waals surface area (Å²) in [6, 6.07) is 6.41. The minimum Gasteiger partial charge on any atom is -0.473 e. The number of nitrogens with one attached hydrogen (secondary N) is 1. The molecule has 0 spiro atoms. The number of hydrogen-bond donors (Lipinski definition) is 1. The van der Waals surface area contributed by atoms with Crippen molar-refractivity contribution < 1.29 is 13.2 Å². The monoisotopic (exact) mass is 481 g/mol. The molecule has 8 nitrogen and oxygen atoms in total. The van der Waals surface area contributed by atoms with Crippen LogP contribution < -0.4 is 4.74 Å². The van der Waals surface area contributed by atoms with Gasteiger partial charge in [-0.2, -0.15) is 5.10 Å². The van der Waals surface area contributed by atoms with Crippen molar-refractivity contribution in [3.05, 3.63) is 41.9 Å². The standard InChI is InChI=1S/C25H31N5O3S/c1-16-11-19(20-12-17(2)24-26-15-27-30(24)14-20)13-22-23(16)25(29-28-22)33-21-8-6-18(7-9-21)5-4-10-34(3,31)32/h11-15,18,21H,4-10H2,1-3H3,(H,28,29). The van der Waals surface area contributed by atoms with Crippen molar-refractivity contribution in [1.82, 2.24) is 24.8 Å². The number of aromatic amines is 1. The highest BCUT2D eigenvalue weighted by Gasteiger charge is 2.24. The van der Waals surface area contributed by atoms with Gasteiger partial charge >= 0.3 is 0 Å². The summed E-state index contributed by atoms with van der Waals surface area (Å²) in [6.07, 6.45) is 10.9. The van der Waals surface area contributed by atoms with Gasteiger partial charge in [0.25, 0.3) is 0 Å².